The molecule has 2 aliphatic rings. The third-order valence-corrected chi connectivity index (χ3v) is 5.19. The van der Waals surface area contributed by atoms with E-state index in [2.05, 4.69) is 46.4 Å². The van der Waals surface area contributed by atoms with Gasteiger partial charge in [0.05, 0.1) is 6.61 Å². The number of nitrogens with zero attached hydrogens (tertiary/aromatic N) is 2. The number of rotatable bonds is 7. The molecule has 1 saturated carbocycles. The maximum absolute atomic E-state index is 5.90. The molecule has 128 valence electrons. The summed E-state index contributed by atoms with van der Waals surface area (Å²) in [5, 5.41) is 3.39. The normalized spacial score (nSPS) is 19.5. The van der Waals surface area contributed by atoms with Crippen molar-refractivity contribution in [3.8, 4) is 5.75 Å². The molecule has 23 heavy (non-hydrogen) atoms. The maximum atomic E-state index is 5.90. The Labute approximate surface area is 140 Å². The van der Waals surface area contributed by atoms with Crippen molar-refractivity contribution in [1.82, 2.24) is 10.2 Å². The summed E-state index contributed by atoms with van der Waals surface area (Å²) >= 11 is 0. The lowest BCUT2D eigenvalue weighted by Crippen LogP contribution is -2.43. The fraction of sp³-hybridized carbons (Fsp3) is 0.684. The minimum atomic E-state index is 0.810. The van der Waals surface area contributed by atoms with E-state index in [1.165, 1.54) is 31.4 Å². The molecule has 4 heteroatoms. The van der Waals surface area contributed by atoms with Gasteiger partial charge in [0.2, 0.25) is 0 Å². The van der Waals surface area contributed by atoms with Crippen LogP contribution in [-0.2, 0) is 0 Å². The van der Waals surface area contributed by atoms with E-state index >= 15 is 0 Å². The van der Waals surface area contributed by atoms with E-state index in [9.17, 15) is 0 Å². The van der Waals surface area contributed by atoms with Crippen molar-refractivity contribution in [2.24, 2.45) is 0 Å². The van der Waals surface area contributed by atoms with Gasteiger partial charge in [0.15, 0.2) is 0 Å². The highest BCUT2D eigenvalue weighted by molar-refractivity contribution is 5.49. The van der Waals surface area contributed by atoms with Crippen molar-refractivity contribution < 1.29 is 4.74 Å². The minimum Gasteiger partial charge on any atom is -0.494 e. The Bertz CT molecular complexity index is 450. The van der Waals surface area contributed by atoms with Crippen LogP contribution in [0.2, 0.25) is 0 Å². The molecule has 0 bridgehead atoms. The van der Waals surface area contributed by atoms with Gasteiger partial charge < -0.3 is 19.9 Å². The van der Waals surface area contributed by atoms with Gasteiger partial charge in [0, 0.05) is 44.5 Å². The number of hydrogen-bond acceptors (Lipinski definition) is 4. The Morgan fingerprint density at radius 2 is 1.83 bits per heavy atom. The molecule has 0 atom stereocenters. The monoisotopic (exact) mass is 317 g/mol. The first-order valence-corrected chi connectivity index (χ1v) is 9.22. The summed E-state index contributed by atoms with van der Waals surface area (Å²) in [6.07, 6.45) is 6.68. The zero-order valence-electron chi connectivity index (χ0n) is 14.5. The lowest BCUT2D eigenvalue weighted by molar-refractivity contribution is 0.216. The number of piperazine rings is 1. The Morgan fingerprint density at radius 1 is 1.13 bits per heavy atom. The largest absolute Gasteiger partial charge is 0.494 e. The van der Waals surface area contributed by atoms with Crippen molar-refractivity contribution in [1.29, 1.82) is 0 Å². The average Bonchev–Trinajstić information content (AvgIpc) is 3.15. The van der Waals surface area contributed by atoms with Gasteiger partial charge in [-0.25, -0.2) is 0 Å². The second-order valence-electron chi connectivity index (χ2n) is 6.85. The highest BCUT2D eigenvalue weighted by Crippen LogP contribution is 2.23. The van der Waals surface area contributed by atoms with Crippen molar-refractivity contribution in [2.75, 3.05) is 51.3 Å². The van der Waals surface area contributed by atoms with Crippen LogP contribution in [0.15, 0.2) is 24.3 Å². The van der Waals surface area contributed by atoms with E-state index in [1.807, 2.05) is 0 Å². The molecule has 1 aliphatic heterocycles. The van der Waals surface area contributed by atoms with Crippen LogP contribution in [0.5, 0.6) is 5.75 Å². The molecule has 0 spiro atoms. The zero-order valence-corrected chi connectivity index (χ0v) is 14.5. The molecule has 1 aromatic carbocycles. The molecule has 0 amide bonds. The number of hydrogen-bond donors (Lipinski definition) is 1. The number of ether oxygens (including phenoxy) is 1. The summed E-state index contributed by atoms with van der Waals surface area (Å²) in [6.45, 7) is 6.29. The first kappa shape index (κ1) is 16.6. The lowest BCUT2D eigenvalue weighted by atomic mass is 10.2. The summed E-state index contributed by atoms with van der Waals surface area (Å²) in [6, 6.07) is 9.40. The number of nitrogens with one attached hydrogen (secondary N) is 1. The van der Waals surface area contributed by atoms with Crippen molar-refractivity contribution in [2.45, 2.75) is 38.1 Å². The third-order valence-electron chi connectivity index (χ3n) is 5.19. The lowest BCUT2D eigenvalue weighted by Gasteiger charge is -2.29. The van der Waals surface area contributed by atoms with E-state index < -0.39 is 0 Å². The summed E-state index contributed by atoms with van der Waals surface area (Å²) in [4.78, 5) is 4.95. The molecule has 2 fully saturated rings. The van der Waals surface area contributed by atoms with Crippen LogP contribution in [0.25, 0.3) is 0 Å². The number of benzene rings is 1. The molecule has 0 unspecified atom stereocenters. The van der Waals surface area contributed by atoms with Crippen LogP contribution in [-0.4, -0.2) is 57.3 Å². The van der Waals surface area contributed by atoms with E-state index in [1.54, 1.807) is 0 Å². The quantitative estimate of drug-likeness (QED) is 0.783. The van der Waals surface area contributed by atoms with E-state index in [-0.39, 0.29) is 0 Å². The summed E-state index contributed by atoms with van der Waals surface area (Å²) < 4.78 is 5.90. The molecule has 1 aromatic rings. The van der Waals surface area contributed by atoms with Gasteiger partial charge in [-0.1, -0.05) is 12.8 Å². The SMILES string of the molecule is CN(CCCOc1ccc(N2CCNCC2)cc1)C1CCCC1. The van der Waals surface area contributed by atoms with Crippen LogP contribution in [0.1, 0.15) is 32.1 Å². The predicted molar refractivity (Wildman–Crippen MR) is 96.5 cm³/mol. The Hall–Kier alpha value is -1.26. The summed E-state index contributed by atoms with van der Waals surface area (Å²) in [5.41, 5.74) is 1.31. The Morgan fingerprint density at radius 3 is 2.52 bits per heavy atom. The van der Waals surface area contributed by atoms with Gasteiger partial charge >= 0.3 is 0 Å². The fourth-order valence-corrected chi connectivity index (χ4v) is 3.71. The first-order valence-electron chi connectivity index (χ1n) is 9.22. The Kier molecular flexibility index (Phi) is 6.17. The molecule has 1 saturated heterocycles. The van der Waals surface area contributed by atoms with Crippen molar-refractivity contribution in [3.05, 3.63) is 24.3 Å². The molecule has 1 N–H and O–H groups in total. The van der Waals surface area contributed by atoms with Crippen molar-refractivity contribution in [3.63, 3.8) is 0 Å². The number of anilines is 1. The second-order valence-corrected chi connectivity index (χ2v) is 6.85. The molecular weight excluding hydrogens is 286 g/mol. The van der Waals surface area contributed by atoms with Crippen LogP contribution < -0.4 is 15.0 Å². The maximum Gasteiger partial charge on any atom is 0.119 e. The Balaban J connectivity index is 1.36. The van der Waals surface area contributed by atoms with Gasteiger partial charge in [-0.15, -0.1) is 0 Å². The van der Waals surface area contributed by atoms with Crippen LogP contribution in [0.4, 0.5) is 5.69 Å². The average molecular weight is 317 g/mol. The van der Waals surface area contributed by atoms with E-state index in [0.29, 0.717) is 0 Å². The van der Waals surface area contributed by atoms with Crippen LogP contribution in [0.3, 0.4) is 0 Å². The molecule has 1 heterocycles. The highest BCUT2D eigenvalue weighted by Gasteiger charge is 2.18. The zero-order chi connectivity index (χ0) is 15.9. The second kappa shape index (κ2) is 8.55. The van der Waals surface area contributed by atoms with Crippen molar-refractivity contribution >= 4 is 5.69 Å². The third kappa shape index (κ3) is 4.85. The smallest absolute Gasteiger partial charge is 0.119 e. The van der Waals surface area contributed by atoms with Gasteiger partial charge in [0.1, 0.15) is 5.75 Å². The van der Waals surface area contributed by atoms with Gasteiger partial charge in [-0.05, 0) is 50.6 Å². The van der Waals surface area contributed by atoms with E-state index in [4.69, 9.17) is 4.74 Å². The molecule has 4 nitrogen and oxygen atoms in total. The molecule has 0 radical (unpaired) electrons. The topological polar surface area (TPSA) is 27.7 Å². The van der Waals surface area contributed by atoms with Gasteiger partial charge in [0.25, 0.3) is 0 Å². The minimum absolute atomic E-state index is 0.810. The first-order chi connectivity index (χ1) is 11.3. The predicted octanol–water partition coefficient (Wildman–Crippen LogP) is 2.74. The van der Waals surface area contributed by atoms with Gasteiger partial charge in [-0.2, -0.15) is 0 Å². The van der Waals surface area contributed by atoms with Crippen LogP contribution >= 0.6 is 0 Å². The molecular formula is C19H31N3O. The molecule has 3 rings (SSSR count). The standard InChI is InChI=1S/C19H31N3O/c1-21(17-5-2-3-6-17)13-4-16-23-19-9-7-18(8-10-19)22-14-11-20-12-15-22/h7-10,17,20H,2-6,11-16H2,1H3. The summed E-state index contributed by atoms with van der Waals surface area (Å²) in [5.74, 6) is 0.993. The molecule has 0 aromatic heterocycles. The fourth-order valence-electron chi connectivity index (χ4n) is 3.71. The van der Waals surface area contributed by atoms with Gasteiger partial charge in [-0.3, -0.25) is 0 Å². The molecule has 1 aliphatic carbocycles. The summed E-state index contributed by atoms with van der Waals surface area (Å²) in [7, 11) is 2.26. The van der Waals surface area contributed by atoms with E-state index in [0.717, 1.165) is 57.5 Å². The highest BCUT2D eigenvalue weighted by atomic mass is 16.5. The van der Waals surface area contributed by atoms with Crippen LogP contribution in [0, 0.1) is 0 Å².